The first kappa shape index (κ1) is 18.4. The maximum Gasteiger partial charge on any atom is 0.274 e. The van der Waals surface area contributed by atoms with Crippen molar-refractivity contribution in [2.24, 2.45) is 0 Å². The van der Waals surface area contributed by atoms with Gasteiger partial charge in [-0.15, -0.1) is 0 Å². The van der Waals surface area contributed by atoms with Gasteiger partial charge in [-0.3, -0.25) is 8.77 Å². The standard InChI is InChI=1S/C17H13Cl2N3O3S/c18-13-5-6-16(20-9-13)17(23)21-14-7-8-22(10-14)26(24,25)11-12-3-1-2-4-15(12)19/h1-10H,11H2,(H,21,23). The molecular weight excluding hydrogens is 397 g/mol. The van der Waals surface area contributed by atoms with E-state index in [1.165, 1.54) is 30.7 Å². The molecule has 0 aliphatic carbocycles. The highest BCUT2D eigenvalue weighted by Crippen LogP contribution is 2.20. The van der Waals surface area contributed by atoms with Crippen LogP contribution in [-0.2, 0) is 15.8 Å². The summed E-state index contributed by atoms with van der Waals surface area (Å²) in [6.07, 6.45) is 4.03. The average Bonchev–Trinajstić information content (AvgIpc) is 3.07. The number of nitrogens with zero attached hydrogens (tertiary/aromatic N) is 2. The Balaban J connectivity index is 1.75. The van der Waals surface area contributed by atoms with Crippen LogP contribution >= 0.6 is 23.2 Å². The van der Waals surface area contributed by atoms with Gasteiger partial charge in [-0.1, -0.05) is 41.4 Å². The van der Waals surface area contributed by atoms with Gasteiger partial charge in [0.05, 0.1) is 16.5 Å². The van der Waals surface area contributed by atoms with Crippen molar-refractivity contribution in [1.82, 2.24) is 8.96 Å². The Morgan fingerprint density at radius 1 is 1.12 bits per heavy atom. The lowest BCUT2D eigenvalue weighted by molar-refractivity contribution is 0.102. The minimum absolute atomic E-state index is 0.168. The summed E-state index contributed by atoms with van der Waals surface area (Å²) in [5, 5.41) is 3.38. The van der Waals surface area contributed by atoms with E-state index in [0.717, 1.165) is 3.97 Å². The Morgan fingerprint density at radius 2 is 1.88 bits per heavy atom. The summed E-state index contributed by atoms with van der Waals surface area (Å²) in [7, 11) is -3.67. The van der Waals surface area contributed by atoms with Gasteiger partial charge in [-0.25, -0.2) is 13.4 Å². The zero-order valence-electron chi connectivity index (χ0n) is 13.3. The third kappa shape index (κ3) is 4.24. The van der Waals surface area contributed by atoms with Crippen LogP contribution in [0.1, 0.15) is 16.1 Å². The first-order valence-electron chi connectivity index (χ1n) is 7.43. The maximum atomic E-state index is 12.5. The minimum Gasteiger partial charge on any atom is -0.319 e. The number of aromatic nitrogens is 2. The molecule has 1 amide bonds. The third-order valence-corrected chi connectivity index (χ3v) is 5.64. The number of nitrogens with one attached hydrogen (secondary N) is 1. The van der Waals surface area contributed by atoms with Gasteiger partial charge in [0.15, 0.2) is 0 Å². The number of carbonyl (C=O) groups is 1. The largest absolute Gasteiger partial charge is 0.319 e. The van der Waals surface area contributed by atoms with Gasteiger partial charge in [-0.05, 0) is 29.8 Å². The van der Waals surface area contributed by atoms with Gasteiger partial charge >= 0.3 is 0 Å². The summed E-state index contributed by atoms with van der Waals surface area (Å²) in [4.78, 5) is 16.0. The number of halogens is 2. The molecule has 9 heteroatoms. The van der Waals surface area contributed by atoms with Crippen LogP contribution in [0.3, 0.4) is 0 Å². The molecule has 0 saturated heterocycles. The number of pyridine rings is 1. The summed E-state index contributed by atoms with van der Waals surface area (Å²) in [5.74, 6) is -0.726. The monoisotopic (exact) mass is 409 g/mol. The third-order valence-electron chi connectivity index (χ3n) is 3.50. The number of benzene rings is 1. The topological polar surface area (TPSA) is 81.1 Å². The van der Waals surface area contributed by atoms with Gasteiger partial charge < -0.3 is 5.32 Å². The molecule has 0 fully saturated rings. The van der Waals surface area contributed by atoms with E-state index < -0.39 is 15.9 Å². The Bertz CT molecular complexity index is 1050. The number of hydrogen-bond donors (Lipinski definition) is 1. The molecule has 0 radical (unpaired) electrons. The average molecular weight is 410 g/mol. The highest BCUT2D eigenvalue weighted by atomic mass is 35.5. The Labute approximate surface area is 160 Å². The molecule has 26 heavy (non-hydrogen) atoms. The van der Waals surface area contributed by atoms with Crippen LogP contribution < -0.4 is 5.32 Å². The lowest BCUT2D eigenvalue weighted by Gasteiger charge is -2.07. The van der Waals surface area contributed by atoms with Crippen LogP contribution in [0.25, 0.3) is 0 Å². The second-order valence-electron chi connectivity index (χ2n) is 5.39. The number of rotatable bonds is 5. The van der Waals surface area contributed by atoms with Crippen molar-refractivity contribution in [1.29, 1.82) is 0 Å². The van der Waals surface area contributed by atoms with E-state index in [4.69, 9.17) is 23.2 Å². The summed E-state index contributed by atoms with van der Waals surface area (Å²) in [6, 6.07) is 11.2. The van der Waals surface area contributed by atoms with Crippen molar-refractivity contribution in [3.63, 3.8) is 0 Å². The van der Waals surface area contributed by atoms with E-state index >= 15 is 0 Å². The van der Waals surface area contributed by atoms with Crippen molar-refractivity contribution in [2.75, 3.05) is 5.32 Å². The SMILES string of the molecule is O=C(Nc1ccn(S(=O)(=O)Cc2ccccc2Cl)c1)c1ccc(Cl)cn1. The highest BCUT2D eigenvalue weighted by Gasteiger charge is 2.17. The zero-order chi connectivity index (χ0) is 18.7. The molecule has 134 valence electrons. The second kappa shape index (κ2) is 7.49. The predicted octanol–water partition coefficient (Wildman–Crippen LogP) is 3.82. The molecule has 0 spiro atoms. The number of carbonyl (C=O) groups excluding carboxylic acids is 1. The molecule has 0 atom stereocenters. The fraction of sp³-hybridized carbons (Fsp3) is 0.0588. The lowest BCUT2D eigenvalue weighted by Crippen LogP contribution is -2.15. The molecule has 0 aliphatic rings. The second-order valence-corrected chi connectivity index (χ2v) is 8.11. The van der Waals surface area contributed by atoms with Crippen LogP contribution in [-0.4, -0.2) is 23.3 Å². The Kier molecular flexibility index (Phi) is 5.31. The Hall–Kier alpha value is -2.35. The smallest absolute Gasteiger partial charge is 0.274 e. The first-order valence-corrected chi connectivity index (χ1v) is 9.79. The molecule has 2 aromatic heterocycles. The molecule has 6 nitrogen and oxygen atoms in total. The predicted molar refractivity (Wildman–Crippen MR) is 101 cm³/mol. The normalized spacial score (nSPS) is 11.3. The molecule has 3 aromatic rings. The van der Waals surface area contributed by atoms with Gasteiger partial charge in [0, 0.05) is 23.6 Å². The van der Waals surface area contributed by atoms with E-state index in [9.17, 15) is 13.2 Å². The summed E-state index contributed by atoms with van der Waals surface area (Å²) in [6.45, 7) is 0. The van der Waals surface area contributed by atoms with Gasteiger partial charge in [0.1, 0.15) is 5.69 Å². The van der Waals surface area contributed by atoms with Crippen molar-refractivity contribution in [3.05, 3.63) is 82.4 Å². The quantitative estimate of drug-likeness (QED) is 0.694. The summed E-state index contributed by atoms with van der Waals surface area (Å²) < 4.78 is 26.1. The molecule has 0 aliphatic heterocycles. The summed E-state index contributed by atoms with van der Waals surface area (Å²) in [5.41, 5.74) is 0.995. The van der Waals surface area contributed by atoms with Gasteiger partial charge in [0.2, 0.25) is 10.0 Å². The van der Waals surface area contributed by atoms with Crippen LogP contribution in [0.2, 0.25) is 10.0 Å². The molecule has 2 heterocycles. The highest BCUT2D eigenvalue weighted by molar-refractivity contribution is 7.89. The fourth-order valence-electron chi connectivity index (χ4n) is 2.22. The Morgan fingerprint density at radius 3 is 2.58 bits per heavy atom. The minimum atomic E-state index is -3.67. The van der Waals surface area contributed by atoms with E-state index in [2.05, 4.69) is 10.3 Å². The molecule has 0 bridgehead atoms. The van der Waals surface area contributed by atoms with E-state index in [1.54, 1.807) is 30.3 Å². The molecule has 0 unspecified atom stereocenters. The molecular formula is C17H13Cl2N3O3S. The number of amides is 1. The fourth-order valence-corrected chi connectivity index (χ4v) is 3.92. The van der Waals surface area contributed by atoms with E-state index in [-0.39, 0.29) is 11.4 Å². The van der Waals surface area contributed by atoms with Crippen molar-refractivity contribution in [3.8, 4) is 0 Å². The lowest BCUT2D eigenvalue weighted by atomic mass is 10.2. The number of hydrogen-bond acceptors (Lipinski definition) is 4. The first-order chi connectivity index (χ1) is 12.3. The number of anilines is 1. The zero-order valence-corrected chi connectivity index (χ0v) is 15.6. The van der Waals surface area contributed by atoms with Crippen molar-refractivity contribution >= 4 is 44.8 Å². The van der Waals surface area contributed by atoms with Crippen LogP contribution in [0, 0.1) is 0 Å². The molecule has 3 rings (SSSR count). The van der Waals surface area contributed by atoms with Gasteiger partial charge in [-0.2, -0.15) is 0 Å². The summed E-state index contributed by atoms with van der Waals surface area (Å²) >= 11 is 11.8. The van der Waals surface area contributed by atoms with E-state index in [0.29, 0.717) is 21.3 Å². The van der Waals surface area contributed by atoms with E-state index in [1.807, 2.05) is 0 Å². The molecule has 1 aromatic carbocycles. The van der Waals surface area contributed by atoms with Crippen LogP contribution in [0.4, 0.5) is 5.69 Å². The molecule has 0 saturated carbocycles. The molecule has 1 N–H and O–H groups in total. The van der Waals surface area contributed by atoms with Crippen LogP contribution in [0.5, 0.6) is 0 Å². The van der Waals surface area contributed by atoms with Gasteiger partial charge in [0.25, 0.3) is 5.91 Å². The van der Waals surface area contributed by atoms with Crippen molar-refractivity contribution in [2.45, 2.75) is 5.75 Å². The van der Waals surface area contributed by atoms with Crippen LogP contribution in [0.15, 0.2) is 61.1 Å². The van der Waals surface area contributed by atoms with Crippen molar-refractivity contribution < 1.29 is 13.2 Å². The maximum absolute atomic E-state index is 12.5.